The summed E-state index contributed by atoms with van der Waals surface area (Å²) in [6.07, 6.45) is 0. The van der Waals surface area contributed by atoms with E-state index in [2.05, 4.69) is 108 Å². The van der Waals surface area contributed by atoms with Crippen molar-refractivity contribution in [2.24, 2.45) is 0 Å². The molecule has 0 aliphatic heterocycles. The molecule has 0 radical (unpaired) electrons. The number of nitrogens with zero attached hydrogens (tertiary/aromatic N) is 1. The van der Waals surface area contributed by atoms with Gasteiger partial charge in [0, 0.05) is 37.9 Å². The smallest absolute Gasteiger partial charge is 0.159 e. The van der Waals surface area contributed by atoms with Crippen molar-refractivity contribution in [1.82, 2.24) is 4.57 Å². The molecule has 0 saturated carbocycles. The van der Waals surface area contributed by atoms with Crippen molar-refractivity contribution in [1.29, 1.82) is 0 Å². The molecule has 3 heteroatoms. The highest BCUT2D eigenvalue weighted by Crippen LogP contribution is 2.41. The van der Waals surface area contributed by atoms with Gasteiger partial charge in [0.05, 0.1) is 16.7 Å². The molecule has 0 saturated heterocycles. The average Bonchev–Trinajstić information content (AvgIpc) is 3.66. The van der Waals surface area contributed by atoms with Gasteiger partial charge in [-0.25, -0.2) is 0 Å². The van der Waals surface area contributed by atoms with Crippen LogP contribution in [0, 0.1) is 0 Å². The fraction of sp³-hybridized carbons (Fsp3) is 0. The molecule has 39 heavy (non-hydrogen) atoms. The van der Waals surface area contributed by atoms with E-state index in [1.165, 1.54) is 10.8 Å². The summed E-state index contributed by atoms with van der Waals surface area (Å²) in [6, 6.07) is 44.7. The van der Waals surface area contributed by atoms with Crippen LogP contribution in [0.5, 0.6) is 0 Å². The maximum Gasteiger partial charge on any atom is 0.159 e. The third kappa shape index (κ3) is 2.82. The number of hydrogen-bond acceptors (Lipinski definition) is 2. The first-order valence-electron chi connectivity index (χ1n) is 13.2. The van der Waals surface area contributed by atoms with Crippen LogP contribution >= 0.6 is 0 Å². The second kappa shape index (κ2) is 7.62. The summed E-state index contributed by atoms with van der Waals surface area (Å²) in [5.74, 6) is 0. The average molecular weight is 500 g/mol. The Balaban J connectivity index is 1.34. The van der Waals surface area contributed by atoms with E-state index in [4.69, 9.17) is 8.83 Å². The minimum absolute atomic E-state index is 0.900. The molecule has 0 aliphatic rings. The fourth-order valence-corrected chi connectivity index (χ4v) is 6.28. The zero-order valence-corrected chi connectivity index (χ0v) is 20.9. The Morgan fingerprint density at radius 1 is 0.410 bits per heavy atom. The Morgan fingerprint density at radius 3 is 1.79 bits per heavy atom. The van der Waals surface area contributed by atoms with Crippen molar-refractivity contribution in [3.05, 3.63) is 127 Å². The first kappa shape index (κ1) is 20.7. The number of rotatable bonds is 2. The molecule has 6 aromatic carbocycles. The van der Waals surface area contributed by atoms with Crippen LogP contribution in [0.1, 0.15) is 0 Å². The predicted octanol–water partition coefficient (Wildman–Crippen LogP) is 10.2. The molecular formula is C36H21NO2. The standard InChI is InChI=1S/C36H21NO2/c1-4-15-30-24(9-1)29-21-22(23-12-7-13-27-25-10-2-5-17-33(25)38-35(23)27)19-20-31(29)37(30)32-16-8-14-28-26-11-3-6-18-34(26)39-36(28)32/h1-21H. The molecule has 0 bridgehead atoms. The Labute approximate surface area is 223 Å². The minimum atomic E-state index is 0.900. The summed E-state index contributed by atoms with van der Waals surface area (Å²) >= 11 is 0. The van der Waals surface area contributed by atoms with Crippen LogP contribution in [0.15, 0.2) is 136 Å². The van der Waals surface area contributed by atoms with Crippen LogP contribution in [0.25, 0.3) is 82.5 Å². The van der Waals surface area contributed by atoms with E-state index in [0.717, 1.165) is 71.7 Å². The number of hydrogen-bond donors (Lipinski definition) is 0. The van der Waals surface area contributed by atoms with Gasteiger partial charge in [0.15, 0.2) is 5.58 Å². The highest BCUT2D eigenvalue weighted by molar-refractivity contribution is 6.15. The van der Waals surface area contributed by atoms with Gasteiger partial charge in [0.2, 0.25) is 0 Å². The third-order valence-electron chi connectivity index (χ3n) is 8.01. The van der Waals surface area contributed by atoms with Crippen LogP contribution in [0.4, 0.5) is 0 Å². The van der Waals surface area contributed by atoms with Crippen LogP contribution in [-0.4, -0.2) is 4.57 Å². The molecule has 3 heterocycles. The van der Waals surface area contributed by atoms with E-state index >= 15 is 0 Å². The first-order chi connectivity index (χ1) is 19.3. The molecule has 0 spiro atoms. The lowest BCUT2D eigenvalue weighted by Gasteiger charge is -2.09. The molecule has 9 aromatic rings. The molecule has 182 valence electrons. The summed E-state index contributed by atoms with van der Waals surface area (Å²) in [4.78, 5) is 0. The second-order valence-corrected chi connectivity index (χ2v) is 10.1. The summed E-state index contributed by atoms with van der Waals surface area (Å²) in [7, 11) is 0. The van der Waals surface area contributed by atoms with Crippen molar-refractivity contribution in [2.75, 3.05) is 0 Å². The van der Waals surface area contributed by atoms with Crippen molar-refractivity contribution < 1.29 is 8.83 Å². The van der Waals surface area contributed by atoms with E-state index in [1.807, 2.05) is 24.3 Å². The lowest BCUT2D eigenvalue weighted by molar-refractivity contribution is 0.666. The normalized spacial score (nSPS) is 12.1. The van der Waals surface area contributed by atoms with Crippen LogP contribution in [0.3, 0.4) is 0 Å². The number of benzene rings is 6. The maximum absolute atomic E-state index is 6.44. The Hall–Kier alpha value is -5.28. The molecule has 0 N–H and O–H groups in total. The van der Waals surface area contributed by atoms with Gasteiger partial charge in [-0.1, -0.05) is 91.0 Å². The summed E-state index contributed by atoms with van der Waals surface area (Å²) < 4.78 is 15.1. The molecule has 0 fully saturated rings. The zero-order chi connectivity index (χ0) is 25.5. The molecule has 0 atom stereocenters. The van der Waals surface area contributed by atoms with E-state index in [1.54, 1.807) is 0 Å². The number of para-hydroxylation sites is 5. The van der Waals surface area contributed by atoms with Crippen molar-refractivity contribution in [2.45, 2.75) is 0 Å². The fourth-order valence-electron chi connectivity index (χ4n) is 6.28. The Kier molecular flexibility index (Phi) is 4.05. The SMILES string of the molecule is c1ccc2c(c1)oc1c(-c3ccc4c(c3)c3ccccc3n4-c3cccc4c3oc3ccccc34)cccc12. The topological polar surface area (TPSA) is 31.2 Å². The number of aromatic nitrogens is 1. The van der Waals surface area contributed by atoms with Gasteiger partial charge < -0.3 is 13.4 Å². The zero-order valence-electron chi connectivity index (χ0n) is 20.9. The van der Waals surface area contributed by atoms with Gasteiger partial charge in [-0.15, -0.1) is 0 Å². The van der Waals surface area contributed by atoms with Crippen molar-refractivity contribution in [3.63, 3.8) is 0 Å². The molecule has 0 unspecified atom stereocenters. The van der Waals surface area contributed by atoms with Crippen LogP contribution in [0.2, 0.25) is 0 Å². The van der Waals surface area contributed by atoms with Crippen LogP contribution < -0.4 is 0 Å². The molecule has 3 nitrogen and oxygen atoms in total. The predicted molar refractivity (Wildman–Crippen MR) is 161 cm³/mol. The summed E-state index contributed by atoms with van der Waals surface area (Å²) in [5, 5.41) is 6.95. The lowest BCUT2D eigenvalue weighted by atomic mass is 10.0. The van der Waals surface area contributed by atoms with Gasteiger partial charge in [0.25, 0.3) is 0 Å². The van der Waals surface area contributed by atoms with E-state index in [0.29, 0.717) is 0 Å². The quantitative estimate of drug-likeness (QED) is 0.237. The van der Waals surface area contributed by atoms with Gasteiger partial charge in [-0.05, 0) is 42.0 Å². The molecular weight excluding hydrogens is 478 g/mol. The first-order valence-corrected chi connectivity index (χ1v) is 13.2. The maximum atomic E-state index is 6.44. The molecule has 3 aromatic heterocycles. The van der Waals surface area contributed by atoms with Gasteiger partial charge >= 0.3 is 0 Å². The third-order valence-corrected chi connectivity index (χ3v) is 8.01. The summed E-state index contributed by atoms with van der Waals surface area (Å²) in [6.45, 7) is 0. The van der Waals surface area contributed by atoms with Crippen LogP contribution in [-0.2, 0) is 0 Å². The van der Waals surface area contributed by atoms with Gasteiger partial charge in [-0.2, -0.15) is 0 Å². The largest absolute Gasteiger partial charge is 0.455 e. The second-order valence-electron chi connectivity index (χ2n) is 10.1. The van der Waals surface area contributed by atoms with Gasteiger partial charge in [0.1, 0.15) is 16.7 Å². The highest BCUT2D eigenvalue weighted by Gasteiger charge is 2.19. The molecule has 9 rings (SSSR count). The number of fused-ring (bicyclic) bond motifs is 9. The minimum Gasteiger partial charge on any atom is -0.455 e. The monoisotopic (exact) mass is 499 g/mol. The lowest BCUT2D eigenvalue weighted by Crippen LogP contribution is -1.94. The Bertz CT molecular complexity index is 2400. The molecule has 0 aliphatic carbocycles. The highest BCUT2D eigenvalue weighted by atomic mass is 16.3. The van der Waals surface area contributed by atoms with Gasteiger partial charge in [-0.3, -0.25) is 0 Å². The summed E-state index contributed by atoms with van der Waals surface area (Å²) in [5.41, 5.74) is 9.22. The van der Waals surface area contributed by atoms with Crippen molar-refractivity contribution >= 4 is 65.7 Å². The molecule has 0 amide bonds. The van der Waals surface area contributed by atoms with E-state index < -0.39 is 0 Å². The number of furan rings is 2. The Morgan fingerprint density at radius 2 is 1.00 bits per heavy atom. The van der Waals surface area contributed by atoms with E-state index in [-0.39, 0.29) is 0 Å². The van der Waals surface area contributed by atoms with E-state index in [9.17, 15) is 0 Å². The van der Waals surface area contributed by atoms with Crippen molar-refractivity contribution in [3.8, 4) is 16.8 Å².